The van der Waals surface area contributed by atoms with Gasteiger partial charge in [0.1, 0.15) is 0 Å². The molecule has 0 amide bonds. The van der Waals surface area contributed by atoms with E-state index in [2.05, 4.69) is 10.5 Å². The Morgan fingerprint density at radius 3 is 2.93 bits per heavy atom. The highest BCUT2D eigenvalue weighted by atomic mass is 16.5. The topological polar surface area (TPSA) is 79.9 Å². The molecule has 0 saturated carbocycles. The van der Waals surface area contributed by atoms with Gasteiger partial charge in [0.2, 0.25) is 0 Å². The fourth-order valence-corrected chi connectivity index (χ4v) is 1.69. The molecule has 0 aromatic heterocycles. The molecule has 5 nitrogen and oxygen atoms in total. The van der Waals surface area contributed by atoms with E-state index in [9.17, 15) is 0 Å². The smallest absolute Gasteiger partial charge is 0.156 e. The van der Waals surface area contributed by atoms with E-state index in [1.165, 1.54) is 0 Å². The lowest BCUT2D eigenvalue weighted by Gasteiger charge is -2.22. The molecule has 82 valence electrons. The third-order valence-corrected chi connectivity index (χ3v) is 2.67. The van der Waals surface area contributed by atoms with E-state index in [-0.39, 0.29) is 18.0 Å². The van der Waals surface area contributed by atoms with Crippen LogP contribution in [0.2, 0.25) is 0 Å². The molecule has 0 aromatic rings. The first kappa shape index (κ1) is 11.3. The molecule has 1 aliphatic rings. The Bertz CT molecular complexity index is 208. The second-order valence-electron chi connectivity index (χ2n) is 3.62. The molecule has 0 spiro atoms. The highest BCUT2D eigenvalue weighted by molar-refractivity contribution is 5.85. The molecule has 1 heterocycles. The standard InChI is InChI=1S/C9H19N3O2/c1-3-7(9(10)12-13)11-8-4-5-14-6(8)2/h6-8,11,13H,3-5H2,1-2H3,(H2,10,12). The summed E-state index contributed by atoms with van der Waals surface area (Å²) < 4.78 is 5.42. The Kier molecular flexibility index (Phi) is 4.16. The Morgan fingerprint density at radius 2 is 2.50 bits per heavy atom. The predicted octanol–water partition coefficient (Wildman–Crippen LogP) is 0.278. The van der Waals surface area contributed by atoms with Crippen molar-refractivity contribution in [2.45, 2.75) is 44.9 Å². The van der Waals surface area contributed by atoms with Crippen LogP contribution in [-0.2, 0) is 4.74 Å². The van der Waals surface area contributed by atoms with Crippen LogP contribution in [0.1, 0.15) is 26.7 Å². The predicted molar refractivity (Wildman–Crippen MR) is 54.4 cm³/mol. The quantitative estimate of drug-likeness (QED) is 0.264. The maximum absolute atomic E-state index is 8.57. The van der Waals surface area contributed by atoms with Crippen LogP contribution in [-0.4, -0.2) is 35.8 Å². The summed E-state index contributed by atoms with van der Waals surface area (Å²) in [4.78, 5) is 0. The minimum absolute atomic E-state index is 0.0610. The van der Waals surface area contributed by atoms with Crippen molar-refractivity contribution in [2.75, 3.05) is 6.61 Å². The largest absolute Gasteiger partial charge is 0.409 e. The van der Waals surface area contributed by atoms with Gasteiger partial charge in [-0.3, -0.25) is 0 Å². The van der Waals surface area contributed by atoms with Crippen molar-refractivity contribution in [3.8, 4) is 0 Å². The summed E-state index contributed by atoms with van der Waals surface area (Å²) in [5.74, 6) is 0.242. The van der Waals surface area contributed by atoms with E-state index < -0.39 is 0 Å². The van der Waals surface area contributed by atoms with Crippen molar-refractivity contribution >= 4 is 5.84 Å². The van der Waals surface area contributed by atoms with Gasteiger partial charge in [-0.15, -0.1) is 0 Å². The van der Waals surface area contributed by atoms with E-state index in [1.807, 2.05) is 13.8 Å². The molecule has 0 aromatic carbocycles. The van der Waals surface area contributed by atoms with Crippen molar-refractivity contribution in [1.29, 1.82) is 0 Å². The molecule has 1 fully saturated rings. The lowest BCUT2D eigenvalue weighted by molar-refractivity contribution is 0.112. The van der Waals surface area contributed by atoms with Crippen LogP contribution < -0.4 is 11.1 Å². The normalized spacial score (nSPS) is 30.6. The Morgan fingerprint density at radius 1 is 1.79 bits per heavy atom. The van der Waals surface area contributed by atoms with E-state index in [0.29, 0.717) is 6.04 Å². The van der Waals surface area contributed by atoms with Crippen molar-refractivity contribution in [3.63, 3.8) is 0 Å². The molecule has 0 bridgehead atoms. The van der Waals surface area contributed by atoms with Gasteiger partial charge in [-0.2, -0.15) is 0 Å². The molecular weight excluding hydrogens is 182 g/mol. The molecule has 4 N–H and O–H groups in total. The van der Waals surface area contributed by atoms with Crippen molar-refractivity contribution in [1.82, 2.24) is 5.32 Å². The highest BCUT2D eigenvalue weighted by Gasteiger charge is 2.27. The first-order valence-corrected chi connectivity index (χ1v) is 5.04. The Labute approximate surface area is 84.3 Å². The molecule has 5 heteroatoms. The molecule has 3 atom stereocenters. The summed E-state index contributed by atoms with van der Waals surface area (Å²) >= 11 is 0. The highest BCUT2D eigenvalue weighted by Crippen LogP contribution is 2.13. The average molecular weight is 201 g/mol. The fraction of sp³-hybridized carbons (Fsp3) is 0.889. The van der Waals surface area contributed by atoms with Crippen molar-refractivity contribution in [2.24, 2.45) is 10.9 Å². The zero-order valence-electron chi connectivity index (χ0n) is 8.73. The monoisotopic (exact) mass is 201 g/mol. The van der Waals surface area contributed by atoms with Crippen LogP contribution in [0.4, 0.5) is 0 Å². The number of nitrogens with one attached hydrogen (secondary N) is 1. The summed E-state index contributed by atoms with van der Waals surface area (Å²) in [7, 11) is 0. The lowest BCUT2D eigenvalue weighted by Crippen LogP contribution is -2.48. The van der Waals surface area contributed by atoms with Gasteiger partial charge in [0, 0.05) is 12.6 Å². The van der Waals surface area contributed by atoms with E-state index in [0.717, 1.165) is 19.4 Å². The van der Waals surface area contributed by atoms with Gasteiger partial charge in [-0.25, -0.2) is 0 Å². The molecule has 0 radical (unpaired) electrons. The third-order valence-electron chi connectivity index (χ3n) is 2.67. The van der Waals surface area contributed by atoms with Crippen LogP contribution in [0, 0.1) is 0 Å². The number of oxime groups is 1. The zero-order valence-corrected chi connectivity index (χ0v) is 8.73. The van der Waals surface area contributed by atoms with Gasteiger partial charge in [0.05, 0.1) is 12.1 Å². The third kappa shape index (κ3) is 2.59. The number of nitrogens with two attached hydrogens (primary N) is 1. The number of ether oxygens (including phenoxy) is 1. The summed E-state index contributed by atoms with van der Waals surface area (Å²) in [6.07, 6.45) is 1.99. The van der Waals surface area contributed by atoms with E-state index >= 15 is 0 Å². The molecule has 1 aliphatic heterocycles. The lowest BCUT2D eigenvalue weighted by atomic mass is 10.1. The summed E-state index contributed by atoms with van der Waals surface area (Å²) in [6, 6.07) is 0.245. The van der Waals surface area contributed by atoms with Crippen LogP contribution in [0.15, 0.2) is 5.16 Å². The number of amidine groups is 1. The number of hydrogen-bond donors (Lipinski definition) is 3. The maximum atomic E-state index is 8.57. The van der Waals surface area contributed by atoms with Crippen LogP contribution in [0.5, 0.6) is 0 Å². The average Bonchev–Trinajstić information content (AvgIpc) is 2.59. The van der Waals surface area contributed by atoms with Crippen LogP contribution in [0.25, 0.3) is 0 Å². The van der Waals surface area contributed by atoms with Crippen LogP contribution in [0.3, 0.4) is 0 Å². The van der Waals surface area contributed by atoms with Crippen molar-refractivity contribution in [3.05, 3.63) is 0 Å². The fourth-order valence-electron chi connectivity index (χ4n) is 1.69. The first-order valence-electron chi connectivity index (χ1n) is 5.04. The molecule has 14 heavy (non-hydrogen) atoms. The molecule has 3 unspecified atom stereocenters. The number of nitrogens with zero attached hydrogens (tertiary/aromatic N) is 1. The maximum Gasteiger partial charge on any atom is 0.156 e. The van der Waals surface area contributed by atoms with Crippen molar-refractivity contribution < 1.29 is 9.94 Å². The van der Waals surface area contributed by atoms with Gasteiger partial charge in [0.15, 0.2) is 5.84 Å². The number of hydrogen-bond acceptors (Lipinski definition) is 4. The van der Waals surface area contributed by atoms with Gasteiger partial charge < -0.3 is 21.0 Å². The van der Waals surface area contributed by atoms with Gasteiger partial charge in [0.25, 0.3) is 0 Å². The Balaban J connectivity index is 2.47. The summed E-state index contributed by atoms with van der Waals surface area (Å²) in [6.45, 7) is 4.81. The molecule has 1 rings (SSSR count). The first-order chi connectivity index (χ1) is 6.69. The SMILES string of the molecule is CCC(NC1CCOC1C)C(N)=NO. The zero-order chi connectivity index (χ0) is 10.6. The Hall–Kier alpha value is -0.810. The minimum Gasteiger partial charge on any atom is -0.409 e. The second-order valence-corrected chi connectivity index (χ2v) is 3.62. The minimum atomic E-state index is -0.0610. The number of rotatable bonds is 4. The van der Waals surface area contributed by atoms with Gasteiger partial charge in [-0.05, 0) is 19.8 Å². The van der Waals surface area contributed by atoms with Crippen LogP contribution >= 0.6 is 0 Å². The van der Waals surface area contributed by atoms with E-state index in [1.54, 1.807) is 0 Å². The van der Waals surface area contributed by atoms with Gasteiger partial charge in [-0.1, -0.05) is 12.1 Å². The van der Waals surface area contributed by atoms with Gasteiger partial charge >= 0.3 is 0 Å². The van der Waals surface area contributed by atoms with E-state index in [4.69, 9.17) is 15.7 Å². The summed E-state index contributed by atoms with van der Waals surface area (Å²) in [5.41, 5.74) is 5.55. The molecule has 1 saturated heterocycles. The molecule has 0 aliphatic carbocycles. The summed E-state index contributed by atoms with van der Waals surface area (Å²) in [5, 5.41) is 14.9. The second kappa shape index (κ2) is 5.17. The molecular formula is C9H19N3O2.